The van der Waals surface area contributed by atoms with E-state index in [1.54, 1.807) is 0 Å². The summed E-state index contributed by atoms with van der Waals surface area (Å²) in [6.45, 7) is 0. The molecular formula is C19H17N2+. The molecule has 2 N–H and O–H groups in total. The monoisotopic (exact) mass is 273 g/mol. The van der Waals surface area contributed by atoms with E-state index in [1.807, 2.05) is 0 Å². The number of allylic oxidation sites excluding steroid dienone is 4. The molecule has 0 fully saturated rings. The van der Waals surface area contributed by atoms with Crippen molar-refractivity contribution in [3.63, 3.8) is 0 Å². The highest BCUT2D eigenvalue weighted by atomic mass is 14.9. The Morgan fingerprint density at radius 3 is 2.57 bits per heavy atom. The Labute approximate surface area is 124 Å². The first-order valence-electron chi connectivity index (χ1n) is 7.31. The summed E-state index contributed by atoms with van der Waals surface area (Å²) < 4.78 is 0. The molecule has 0 saturated heterocycles. The largest absolute Gasteiger partial charge is 0.358 e. The first-order valence-corrected chi connectivity index (χ1v) is 7.31. The third-order valence-electron chi connectivity index (χ3n) is 3.98. The van der Waals surface area contributed by atoms with Gasteiger partial charge in [-0.25, -0.2) is 4.99 Å². The molecule has 0 spiro atoms. The van der Waals surface area contributed by atoms with Crippen LogP contribution in [0.15, 0.2) is 72.5 Å². The van der Waals surface area contributed by atoms with Crippen molar-refractivity contribution in [3.05, 3.63) is 83.6 Å². The van der Waals surface area contributed by atoms with Gasteiger partial charge in [-0.05, 0) is 17.7 Å². The average Bonchev–Trinajstić information content (AvgIpc) is 3.09. The highest BCUT2D eigenvalue weighted by Crippen LogP contribution is 2.27. The van der Waals surface area contributed by atoms with E-state index in [0.717, 1.165) is 12.8 Å². The summed E-state index contributed by atoms with van der Waals surface area (Å²) in [6, 6.07) is 16.9. The number of para-hydroxylation sites is 2. The van der Waals surface area contributed by atoms with E-state index in [0.29, 0.717) is 0 Å². The van der Waals surface area contributed by atoms with E-state index in [9.17, 15) is 0 Å². The van der Waals surface area contributed by atoms with Crippen molar-refractivity contribution >= 4 is 17.1 Å². The van der Waals surface area contributed by atoms with Crippen LogP contribution in [0.4, 0.5) is 11.4 Å². The van der Waals surface area contributed by atoms with Gasteiger partial charge in [0.25, 0.3) is 0 Å². The molecule has 2 aromatic carbocycles. The number of fused-ring (bicyclic) bond motifs is 2. The molecule has 2 aliphatic heterocycles. The van der Waals surface area contributed by atoms with Crippen LogP contribution in [-0.2, 0) is 12.8 Å². The second kappa shape index (κ2) is 5.06. The van der Waals surface area contributed by atoms with Gasteiger partial charge < -0.3 is 5.32 Å². The van der Waals surface area contributed by atoms with Gasteiger partial charge in [-0.15, -0.1) is 0 Å². The zero-order chi connectivity index (χ0) is 14.1. The summed E-state index contributed by atoms with van der Waals surface area (Å²) in [5, 5.41) is 3.46. The third kappa shape index (κ3) is 2.40. The minimum absolute atomic E-state index is 0.990. The lowest BCUT2D eigenvalue weighted by Crippen LogP contribution is -2.63. The SMILES string of the molecule is C(=CC1=[NH+]c2ccccc2C1)C=C1Cc2ccccc2N1. The van der Waals surface area contributed by atoms with Gasteiger partial charge in [0.15, 0.2) is 5.71 Å². The van der Waals surface area contributed by atoms with Gasteiger partial charge in [-0.3, -0.25) is 0 Å². The molecule has 2 nitrogen and oxygen atoms in total. The Bertz CT molecular complexity index is 755. The topological polar surface area (TPSA) is 26.0 Å². The molecule has 0 atom stereocenters. The minimum Gasteiger partial charge on any atom is -0.358 e. The van der Waals surface area contributed by atoms with Crippen molar-refractivity contribution in [1.82, 2.24) is 0 Å². The fourth-order valence-corrected chi connectivity index (χ4v) is 2.92. The molecule has 102 valence electrons. The zero-order valence-electron chi connectivity index (χ0n) is 11.8. The fourth-order valence-electron chi connectivity index (χ4n) is 2.92. The molecule has 0 radical (unpaired) electrons. The standard InChI is InChI=1S/C19H16N2/c1-3-10-18-14(6-1)12-16(20-18)8-5-9-17-13-15-7-2-4-11-19(15)21-17/h1-11,20H,12-13H2/p+1. The maximum absolute atomic E-state index is 3.46. The quantitative estimate of drug-likeness (QED) is 0.864. The summed E-state index contributed by atoms with van der Waals surface area (Å²) in [5.74, 6) is 0. The van der Waals surface area contributed by atoms with Crippen molar-refractivity contribution in [2.24, 2.45) is 0 Å². The Kier molecular flexibility index (Phi) is 2.93. The van der Waals surface area contributed by atoms with Crippen LogP contribution in [-0.4, -0.2) is 5.71 Å². The van der Waals surface area contributed by atoms with Crippen LogP contribution in [0.25, 0.3) is 0 Å². The van der Waals surface area contributed by atoms with Gasteiger partial charge in [0, 0.05) is 35.5 Å². The van der Waals surface area contributed by atoms with Gasteiger partial charge >= 0.3 is 0 Å². The predicted octanol–water partition coefficient (Wildman–Crippen LogP) is 2.50. The molecule has 2 heteroatoms. The molecule has 2 aromatic rings. The first-order chi connectivity index (χ1) is 10.4. The van der Waals surface area contributed by atoms with Crippen LogP contribution >= 0.6 is 0 Å². The summed E-state index contributed by atoms with van der Waals surface area (Å²) in [5.41, 5.74) is 7.71. The molecule has 21 heavy (non-hydrogen) atoms. The molecule has 0 bridgehead atoms. The average molecular weight is 273 g/mol. The number of hydrogen-bond acceptors (Lipinski definition) is 1. The van der Waals surface area contributed by atoms with Gasteiger partial charge in [0.2, 0.25) is 5.69 Å². The van der Waals surface area contributed by atoms with Crippen molar-refractivity contribution in [3.8, 4) is 0 Å². The van der Waals surface area contributed by atoms with Crippen LogP contribution in [0.5, 0.6) is 0 Å². The maximum atomic E-state index is 3.46. The highest BCUT2D eigenvalue weighted by Gasteiger charge is 2.18. The van der Waals surface area contributed by atoms with Crippen molar-refractivity contribution < 1.29 is 4.99 Å². The second-order valence-electron chi connectivity index (χ2n) is 5.49. The minimum atomic E-state index is 0.990. The number of nitrogens with one attached hydrogen (secondary N) is 2. The van der Waals surface area contributed by atoms with E-state index in [4.69, 9.17) is 0 Å². The van der Waals surface area contributed by atoms with Crippen molar-refractivity contribution in [2.45, 2.75) is 12.8 Å². The number of hydrogen-bond donors (Lipinski definition) is 2. The Morgan fingerprint density at radius 1 is 0.905 bits per heavy atom. The molecular weight excluding hydrogens is 256 g/mol. The van der Waals surface area contributed by atoms with Crippen molar-refractivity contribution in [1.29, 1.82) is 0 Å². The Balaban J connectivity index is 1.46. The Hall–Kier alpha value is -2.61. The van der Waals surface area contributed by atoms with Crippen LogP contribution in [0, 0.1) is 0 Å². The van der Waals surface area contributed by atoms with E-state index in [2.05, 4.69) is 77.1 Å². The molecule has 0 aliphatic carbocycles. The lowest BCUT2D eigenvalue weighted by atomic mass is 10.1. The zero-order valence-corrected chi connectivity index (χ0v) is 11.8. The molecule has 0 saturated carbocycles. The van der Waals surface area contributed by atoms with Crippen molar-refractivity contribution in [2.75, 3.05) is 5.32 Å². The second-order valence-corrected chi connectivity index (χ2v) is 5.49. The molecule has 2 aliphatic rings. The van der Waals surface area contributed by atoms with Crippen LogP contribution < -0.4 is 10.3 Å². The van der Waals surface area contributed by atoms with Gasteiger partial charge in [0.1, 0.15) is 0 Å². The van der Waals surface area contributed by atoms with E-state index in [-0.39, 0.29) is 0 Å². The van der Waals surface area contributed by atoms with Crippen LogP contribution in [0.1, 0.15) is 11.1 Å². The molecule has 0 amide bonds. The van der Waals surface area contributed by atoms with E-state index >= 15 is 0 Å². The van der Waals surface area contributed by atoms with Gasteiger partial charge in [-0.1, -0.05) is 42.5 Å². The summed E-state index contributed by atoms with van der Waals surface area (Å²) in [7, 11) is 0. The fraction of sp³-hybridized carbons (Fsp3) is 0.105. The summed E-state index contributed by atoms with van der Waals surface area (Å²) in [6.07, 6.45) is 8.44. The van der Waals surface area contributed by atoms with Crippen LogP contribution in [0.3, 0.4) is 0 Å². The van der Waals surface area contributed by atoms with E-state index in [1.165, 1.54) is 33.9 Å². The van der Waals surface area contributed by atoms with E-state index < -0.39 is 0 Å². The van der Waals surface area contributed by atoms with Gasteiger partial charge in [0.05, 0.1) is 6.42 Å². The highest BCUT2D eigenvalue weighted by molar-refractivity contribution is 5.95. The molecule has 0 aromatic heterocycles. The predicted molar refractivity (Wildman–Crippen MR) is 86.8 cm³/mol. The maximum Gasteiger partial charge on any atom is 0.207 e. The molecule has 2 heterocycles. The lowest BCUT2D eigenvalue weighted by Gasteiger charge is -1.96. The first kappa shape index (κ1) is 12.2. The summed E-state index contributed by atoms with van der Waals surface area (Å²) in [4.78, 5) is 3.46. The normalized spacial score (nSPS) is 17.7. The number of rotatable bonds is 2. The summed E-state index contributed by atoms with van der Waals surface area (Å²) >= 11 is 0. The van der Waals surface area contributed by atoms with Gasteiger partial charge in [-0.2, -0.15) is 0 Å². The molecule has 0 unspecified atom stereocenters. The third-order valence-corrected chi connectivity index (χ3v) is 3.98. The number of benzene rings is 2. The smallest absolute Gasteiger partial charge is 0.207 e. The molecule has 4 rings (SSSR count). The number of anilines is 1. The lowest BCUT2D eigenvalue weighted by molar-refractivity contribution is -0.348. The Morgan fingerprint density at radius 2 is 1.71 bits per heavy atom. The van der Waals surface area contributed by atoms with Crippen LogP contribution in [0.2, 0.25) is 0 Å².